The molecule has 1 aromatic heterocycles. The van der Waals surface area contributed by atoms with Crippen molar-refractivity contribution in [3.05, 3.63) is 17.0 Å². The van der Waals surface area contributed by atoms with Crippen LogP contribution >= 0.6 is 11.6 Å². The third kappa shape index (κ3) is 3.96. The first-order valence-electron chi connectivity index (χ1n) is 5.77. The Hall–Kier alpha value is -1.04. The second-order valence-corrected chi connectivity index (χ2v) is 5.87. The molecule has 0 spiro atoms. The molecule has 0 N–H and O–H groups in total. The lowest BCUT2D eigenvalue weighted by molar-refractivity contribution is -0.141. The van der Waals surface area contributed by atoms with Crippen LogP contribution in [0.1, 0.15) is 33.4 Å². The van der Waals surface area contributed by atoms with Crippen LogP contribution in [-0.2, 0) is 6.18 Å². The number of nitrogens with zero attached hydrogens (tertiary/aromatic N) is 3. The number of rotatable bonds is 2. The highest BCUT2D eigenvalue weighted by Gasteiger charge is 2.34. The maximum absolute atomic E-state index is 12.7. The highest BCUT2D eigenvalue weighted by Crippen LogP contribution is 2.32. The average Bonchev–Trinajstić information content (AvgIpc) is 2.23. The lowest BCUT2D eigenvalue weighted by atomic mass is 9.87. The van der Waals surface area contributed by atoms with Crippen molar-refractivity contribution >= 4 is 17.4 Å². The minimum absolute atomic E-state index is 0.0143. The van der Waals surface area contributed by atoms with E-state index in [9.17, 15) is 13.2 Å². The van der Waals surface area contributed by atoms with Gasteiger partial charge in [0.1, 0.15) is 5.82 Å². The summed E-state index contributed by atoms with van der Waals surface area (Å²) >= 11 is 5.57. The molecule has 0 aromatic carbocycles. The molecule has 3 nitrogen and oxygen atoms in total. The summed E-state index contributed by atoms with van der Waals surface area (Å²) in [5.41, 5.74) is -1.14. The van der Waals surface area contributed by atoms with Gasteiger partial charge in [-0.15, -0.1) is 0 Å². The fourth-order valence-corrected chi connectivity index (χ4v) is 1.69. The SMILES string of the molecule is CC(N(C)c1cc(C(F)(F)F)nc(Cl)n1)C(C)(C)C. The van der Waals surface area contributed by atoms with Gasteiger partial charge < -0.3 is 4.90 Å². The summed E-state index contributed by atoms with van der Waals surface area (Å²) in [6.45, 7) is 7.92. The molecule has 0 radical (unpaired) electrons. The Bertz CT molecular complexity index is 455. The standard InChI is InChI=1S/C12H17ClF3N3/c1-7(11(2,3)4)19(5)9-6-8(12(14,15)16)17-10(13)18-9/h6-7H,1-5H3. The minimum atomic E-state index is -4.53. The number of halogens is 4. The topological polar surface area (TPSA) is 29.0 Å². The molecule has 0 aliphatic rings. The van der Waals surface area contributed by atoms with Crippen molar-refractivity contribution in [2.75, 3.05) is 11.9 Å². The van der Waals surface area contributed by atoms with Gasteiger partial charge in [0.15, 0.2) is 5.69 Å². The van der Waals surface area contributed by atoms with Gasteiger partial charge in [-0.1, -0.05) is 20.8 Å². The van der Waals surface area contributed by atoms with E-state index >= 15 is 0 Å². The Kier molecular flexibility index (Phi) is 4.34. The molecule has 19 heavy (non-hydrogen) atoms. The lowest BCUT2D eigenvalue weighted by Crippen LogP contribution is -2.40. The molecule has 0 fully saturated rings. The average molecular weight is 296 g/mol. The molecule has 1 atom stereocenters. The van der Waals surface area contributed by atoms with Gasteiger partial charge in [0, 0.05) is 19.2 Å². The van der Waals surface area contributed by atoms with Crippen molar-refractivity contribution in [3.63, 3.8) is 0 Å². The molecule has 0 saturated heterocycles. The molecule has 0 bridgehead atoms. The molecule has 7 heteroatoms. The van der Waals surface area contributed by atoms with Crippen LogP contribution in [-0.4, -0.2) is 23.1 Å². The first-order chi connectivity index (χ1) is 8.43. The predicted molar refractivity (Wildman–Crippen MR) is 69.4 cm³/mol. The molecule has 0 saturated carbocycles. The largest absolute Gasteiger partial charge is 0.433 e. The summed E-state index contributed by atoms with van der Waals surface area (Å²) in [6, 6.07) is 0.897. The summed E-state index contributed by atoms with van der Waals surface area (Å²) in [5.74, 6) is 0.162. The van der Waals surface area contributed by atoms with Crippen LogP contribution in [0.4, 0.5) is 19.0 Å². The first-order valence-corrected chi connectivity index (χ1v) is 6.15. The molecule has 1 rings (SSSR count). The Morgan fingerprint density at radius 2 is 1.74 bits per heavy atom. The van der Waals surface area contributed by atoms with E-state index in [0.29, 0.717) is 0 Å². The zero-order valence-corrected chi connectivity index (χ0v) is 12.3. The fourth-order valence-electron chi connectivity index (χ4n) is 1.51. The van der Waals surface area contributed by atoms with Gasteiger partial charge in [0.05, 0.1) is 0 Å². The van der Waals surface area contributed by atoms with Gasteiger partial charge in [0.2, 0.25) is 5.28 Å². The smallest absolute Gasteiger partial charge is 0.356 e. The third-order valence-corrected chi connectivity index (χ3v) is 3.34. The molecule has 1 unspecified atom stereocenters. The Labute approximate surface area is 115 Å². The van der Waals surface area contributed by atoms with Gasteiger partial charge in [0.25, 0.3) is 0 Å². The van der Waals surface area contributed by atoms with E-state index in [2.05, 4.69) is 9.97 Å². The van der Waals surface area contributed by atoms with Gasteiger partial charge in [-0.25, -0.2) is 9.97 Å². The summed E-state index contributed by atoms with van der Waals surface area (Å²) in [7, 11) is 1.69. The van der Waals surface area contributed by atoms with Crippen LogP contribution in [0.15, 0.2) is 6.07 Å². The van der Waals surface area contributed by atoms with Crippen molar-refractivity contribution in [2.24, 2.45) is 5.41 Å². The van der Waals surface area contributed by atoms with E-state index in [1.807, 2.05) is 27.7 Å². The van der Waals surface area contributed by atoms with Crippen LogP contribution in [0, 0.1) is 5.41 Å². The second-order valence-electron chi connectivity index (χ2n) is 5.53. The molecule has 0 aliphatic carbocycles. The quantitative estimate of drug-likeness (QED) is 0.772. The minimum Gasteiger partial charge on any atom is -0.356 e. The number of aromatic nitrogens is 2. The molecular formula is C12H17ClF3N3. The Morgan fingerprint density at radius 3 is 2.16 bits per heavy atom. The van der Waals surface area contributed by atoms with Crippen molar-refractivity contribution in [2.45, 2.75) is 39.9 Å². The maximum Gasteiger partial charge on any atom is 0.433 e. The van der Waals surface area contributed by atoms with E-state index in [4.69, 9.17) is 11.6 Å². The van der Waals surface area contributed by atoms with Crippen LogP contribution in [0.2, 0.25) is 5.28 Å². The predicted octanol–water partition coefficient (Wildman–Crippen LogP) is 4.02. The Balaban J connectivity index is 3.18. The first kappa shape index (κ1) is 16.0. The van der Waals surface area contributed by atoms with Crippen LogP contribution in [0.25, 0.3) is 0 Å². The van der Waals surface area contributed by atoms with E-state index in [1.54, 1.807) is 11.9 Å². The molecule has 1 aromatic rings. The zero-order chi connectivity index (χ0) is 15.0. The normalized spacial score (nSPS) is 14.4. The maximum atomic E-state index is 12.7. The fraction of sp³-hybridized carbons (Fsp3) is 0.667. The van der Waals surface area contributed by atoms with Crippen LogP contribution in [0.3, 0.4) is 0 Å². The summed E-state index contributed by atoms with van der Waals surface area (Å²) in [4.78, 5) is 8.74. The zero-order valence-electron chi connectivity index (χ0n) is 11.5. The lowest BCUT2D eigenvalue weighted by Gasteiger charge is -2.36. The molecule has 1 heterocycles. The van der Waals surface area contributed by atoms with Gasteiger partial charge >= 0.3 is 6.18 Å². The van der Waals surface area contributed by atoms with Gasteiger partial charge in [-0.3, -0.25) is 0 Å². The highest BCUT2D eigenvalue weighted by atomic mass is 35.5. The van der Waals surface area contributed by atoms with Crippen molar-refractivity contribution in [1.82, 2.24) is 9.97 Å². The van der Waals surface area contributed by atoms with E-state index in [1.165, 1.54) is 0 Å². The van der Waals surface area contributed by atoms with Crippen LogP contribution in [0.5, 0.6) is 0 Å². The van der Waals surface area contributed by atoms with E-state index in [0.717, 1.165) is 6.07 Å². The van der Waals surface area contributed by atoms with Crippen molar-refractivity contribution in [3.8, 4) is 0 Å². The summed E-state index contributed by atoms with van der Waals surface area (Å²) < 4.78 is 38.0. The summed E-state index contributed by atoms with van der Waals surface area (Å²) in [6.07, 6.45) is -4.53. The molecule has 0 aliphatic heterocycles. The Morgan fingerprint density at radius 1 is 1.21 bits per heavy atom. The number of hydrogen-bond acceptors (Lipinski definition) is 3. The van der Waals surface area contributed by atoms with E-state index in [-0.39, 0.29) is 17.3 Å². The number of hydrogen-bond donors (Lipinski definition) is 0. The molecule has 0 amide bonds. The number of anilines is 1. The van der Waals surface area contributed by atoms with Gasteiger partial charge in [-0.2, -0.15) is 13.2 Å². The summed E-state index contributed by atoms with van der Waals surface area (Å²) in [5, 5.41) is -0.405. The molecular weight excluding hydrogens is 279 g/mol. The van der Waals surface area contributed by atoms with Gasteiger partial charge in [-0.05, 0) is 23.9 Å². The van der Waals surface area contributed by atoms with Crippen molar-refractivity contribution < 1.29 is 13.2 Å². The van der Waals surface area contributed by atoms with Crippen molar-refractivity contribution in [1.29, 1.82) is 0 Å². The molecule has 108 valence electrons. The highest BCUT2D eigenvalue weighted by molar-refractivity contribution is 6.28. The van der Waals surface area contributed by atoms with E-state index < -0.39 is 17.2 Å². The number of alkyl halides is 3. The third-order valence-electron chi connectivity index (χ3n) is 3.17. The monoisotopic (exact) mass is 295 g/mol. The second kappa shape index (κ2) is 5.15. The van der Waals surface area contributed by atoms with Crippen LogP contribution < -0.4 is 4.90 Å².